The number of anilines is 1. The number of hydrogen-bond donors (Lipinski definition) is 2. The summed E-state index contributed by atoms with van der Waals surface area (Å²) in [6, 6.07) is 8.10. The van der Waals surface area contributed by atoms with Crippen molar-refractivity contribution in [2.75, 3.05) is 18.4 Å². The number of imidazole rings is 1. The molecule has 23 heavy (non-hydrogen) atoms. The lowest BCUT2D eigenvalue weighted by atomic mass is 10.2. The lowest BCUT2D eigenvalue weighted by molar-refractivity contribution is 0.0528. The van der Waals surface area contributed by atoms with Gasteiger partial charge in [0, 0.05) is 36.9 Å². The number of aromatic nitrogens is 2. The minimum atomic E-state index is -0.462. The quantitative estimate of drug-likeness (QED) is 0.803. The standard InChI is InChI=1S/C17H24N4O2/c1-17(2,3)23-16(22)20-9-5-8-19-14-6-4-7-15(12-14)21-11-10-18-13-21/h4,6-7,10-13,19H,5,8-9H2,1-3H3,(H,20,22). The van der Waals surface area contributed by atoms with Gasteiger partial charge in [0.15, 0.2) is 0 Å². The van der Waals surface area contributed by atoms with Crippen LogP contribution >= 0.6 is 0 Å². The molecule has 124 valence electrons. The van der Waals surface area contributed by atoms with Gasteiger partial charge in [-0.1, -0.05) is 6.07 Å². The Bertz CT molecular complexity index is 618. The normalized spacial score (nSPS) is 11.1. The van der Waals surface area contributed by atoms with Crippen molar-refractivity contribution >= 4 is 11.8 Å². The second-order valence-electron chi connectivity index (χ2n) is 6.23. The van der Waals surface area contributed by atoms with E-state index < -0.39 is 5.60 Å². The van der Waals surface area contributed by atoms with Gasteiger partial charge in [-0.25, -0.2) is 9.78 Å². The molecule has 2 aromatic rings. The average molecular weight is 316 g/mol. The number of amides is 1. The van der Waals surface area contributed by atoms with Crippen molar-refractivity contribution in [1.29, 1.82) is 0 Å². The zero-order valence-electron chi connectivity index (χ0n) is 13.9. The Morgan fingerprint density at radius 3 is 2.83 bits per heavy atom. The van der Waals surface area contributed by atoms with Gasteiger partial charge in [-0.3, -0.25) is 0 Å². The largest absolute Gasteiger partial charge is 0.444 e. The lowest BCUT2D eigenvalue weighted by Gasteiger charge is -2.19. The highest BCUT2D eigenvalue weighted by molar-refractivity contribution is 5.67. The van der Waals surface area contributed by atoms with E-state index in [0.29, 0.717) is 6.54 Å². The molecule has 0 unspecified atom stereocenters. The van der Waals surface area contributed by atoms with Crippen LogP contribution < -0.4 is 10.6 Å². The molecule has 0 saturated heterocycles. The van der Waals surface area contributed by atoms with Crippen molar-refractivity contribution in [3.63, 3.8) is 0 Å². The monoisotopic (exact) mass is 316 g/mol. The maximum absolute atomic E-state index is 11.5. The molecule has 0 fully saturated rings. The number of nitrogens with zero attached hydrogens (tertiary/aromatic N) is 2. The smallest absolute Gasteiger partial charge is 0.407 e. The van der Waals surface area contributed by atoms with Crippen LogP contribution in [0.15, 0.2) is 43.0 Å². The molecule has 0 radical (unpaired) electrons. The van der Waals surface area contributed by atoms with Crippen LogP contribution in [0.5, 0.6) is 0 Å². The number of nitrogens with one attached hydrogen (secondary N) is 2. The fourth-order valence-electron chi connectivity index (χ4n) is 2.01. The number of rotatable bonds is 6. The first-order valence-electron chi connectivity index (χ1n) is 7.73. The molecule has 0 aliphatic rings. The topological polar surface area (TPSA) is 68.2 Å². The molecule has 1 heterocycles. The molecular formula is C17H24N4O2. The minimum absolute atomic E-state index is 0.375. The fourth-order valence-corrected chi connectivity index (χ4v) is 2.01. The van der Waals surface area contributed by atoms with Crippen molar-refractivity contribution in [2.45, 2.75) is 32.8 Å². The van der Waals surface area contributed by atoms with E-state index in [1.807, 2.05) is 49.7 Å². The fraction of sp³-hybridized carbons (Fsp3) is 0.412. The summed E-state index contributed by atoms with van der Waals surface area (Å²) in [5.41, 5.74) is 1.63. The van der Waals surface area contributed by atoms with Crippen molar-refractivity contribution < 1.29 is 9.53 Å². The molecule has 1 aromatic heterocycles. The third-order valence-electron chi connectivity index (χ3n) is 3.00. The molecule has 0 saturated carbocycles. The molecule has 0 spiro atoms. The van der Waals surface area contributed by atoms with Crippen LogP contribution in [0.2, 0.25) is 0 Å². The van der Waals surface area contributed by atoms with Gasteiger partial charge in [-0.05, 0) is 45.4 Å². The molecule has 1 amide bonds. The van der Waals surface area contributed by atoms with Crippen LogP contribution in [0, 0.1) is 0 Å². The molecule has 6 heteroatoms. The Morgan fingerprint density at radius 1 is 1.30 bits per heavy atom. The number of alkyl carbamates (subject to hydrolysis) is 1. The Balaban J connectivity index is 1.71. The van der Waals surface area contributed by atoms with E-state index in [1.54, 1.807) is 12.5 Å². The van der Waals surface area contributed by atoms with Crippen molar-refractivity contribution in [2.24, 2.45) is 0 Å². The third-order valence-corrected chi connectivity index (χ3v) is 3.00. The Morgan fingerprint density at radius 2 is 2.13 bits per heavy atom. The van der Waals surface area contributed by atoms with Crippen LogP contribution in [-0.4, -0.2) is 34.3 Å². The Kier molecular flexibility index (Phi) is 5.62. The van der Waals surface area contributed by atoms with Crippen molar-refractivity contribution in [3.05, 3.63) is 43.0 Å². The highest BCUT2D eigenvalue weighted by Gasteiger charge is 2.15. The lowest BCUT2D eigenvalue weighted by Crippen LogP contribution is -2.33. The van der Waals surface area contributed by atoms with Crippen LogP contribution in [0.25, 0.3) is 5.69 Å². The van der Waals surface area contributed by atoms with E-state index in [4.69, 9.17) is 4.74 Å². The van der Waals surface area contributed by atoms with Gasteiger partial charge in [0.2, 0.25) is 0 Å². The maximum atomic E-state index is 11.5. The zero-order chi connectivity index (χ0) is 16.7. The first kappa shape index (κ1) is 16.9. The second kappa shape index (κ2) is 7.67. The van der Waals surface area contributed by atoms with Gasteiger partial charge >= 0.3 is 6.09 Å². The predicted octanol–water partition coefficient (Wildman–Crippen LogP) is 3.20. The minimum Gasteiger partial charge on any atom is -0.444 e. The first-order chi connectivity index (χ1) is 10.9. The van der Waals surface area contributed by atoms with E-state index in [1.165, 1.54) is 0 Å². The molecule has 0 bridgehead atoms. The van der Waals surface area contributed by atoms with Crippen LogP contribution in [-0.2, 0) is 4.74 Å². The highest BCUT2D eigenvalue weighted by atomic mass is 16.6. The number of hydrogen-bond acceptors (Lipinski definition) is 4. The molecule has 0 aliphatic heterocycles. The molecular weight excluding hydrogens is 292 g/mol. The number of carbonyl (C=O) groups excluding carboxylic acids is 1. The van der Waals surface area contributed by atoms with E-state index in [-0.39, 0.29) is 6.09 Å². The number of carbonyl (C=O) groups is 1. The Hall–Kier alpha value is -2.50. The van der Waals surface area contributed by atoms with Gasteiger partial charge < -0.3 is 19.9 Å². The number of ether oxygens (including phenoxy) is 1. The average Bonchev–Trinajstić information content (AvgIpc) is 2.99. The summed E-state index contributed by atoms with van der Waals surface area (Å²) in [6.07, 6.45) is 5.87. The zero-order valence-corrected chi connectivity index (χ0v) is 13.9. The summed E-state index contributed by atoms with van der Waals surface area (Å²) in [5.74, 6) is 0. The molecule has 0 aliphatic carbocycles. The Labute approximate surface area is 136 Å². The van der Waals surface area contributed by atoms with Crippen molar-refractivity contribution in [1.82, 2.24) is 14.9 Å². The summed E-state index contributed by atoms with van der Waals surface area (Å²) in [6.45, 7) is 6.89. The van der Waals surface area contributed by atoms with E-state index >= 15 is 0 Å². The van der Waals surface area contributed by atoms with Gasteiger partial charge in [0.25, 0.3) is 0 Å². The summed E-state index contributed by atoms with van der Waals surface area (Å²) in [5, 5.41) is 6.09. The molecule has 2 rings (SSSR count). The summed E-state index contributed by atoms with van der Waals surface area (Å²) in [4.78, 5) is 15.6. The molecule has 6 nitrogen and oxygen atoms in total. The van der Waals surface area contributed by atoms with Crippen LogP contribution in [0.4, 0.5) is 10.5 Å². The molecule has 0 atom stereocenters. The summed E-state index contributed by atoms with van der Waals surface area (Å²) >= 11 is 0. The second-order valence-corrected chi connectivity index (χ2v) is 6.23. The highest BCUT2D eigenvalue weighted by Crippen LogP contribution is 2.14. The molecule has 2 N–H and O–H groups in total. The van der Waals surface area contributed by atoms with Gasteiger partial charge in [-0.15, -0.1) is 0 Å². The van der Waals surface area contributed by atoms with Gasteiger partial charge in [0.05, 0.1) is 6.33 Å². The van der Waals surface area contributed by atoms with E-state index in [0.717, 1.165) is 24.3 Å². The summed E-state index contributed by atoms with van der Waals surface area (Å²) in [7, 11) is 0. The van der Waals surface area contributed by atoms with E-state index in [9.17, 15) is 4.79 Å². The van der Waals surface area contributed by atoms with Crippen molar-refractivity contribution in [3.8, 4) is 5.69 Å². The predicted molar refractivity (Wildman–Crippen MR) is 90.9 cm³/mol. The maximum Gasteiger partial charge on any atom is 0.407 e. The third kappa shape index (κ3) is 6.02. The van der Waals surface area contributed by atoms with Gasteiger partial charge in [-0.2, -0.15) is 0 Å². The van der Waals surface area contributed by atoms with E-state index in [2.05, 4.69) is 21.7 Å². The summed E-state index contributed by atoms with van der Waals surface area (Å²) < 4.78 is 7.13. The van der Waals surface area contributed by atoms with Crippen LogP contribution in [0.1, 0.15) is 27.2 Å². The van der Waals surface area contributed by atoms with Crippen LogP contribution in [0.3, 0.4) is 0 Å². The SMILES string of the molecule is CC(C)(C)OC(=O)NCCCNc1cccc(-n2ccnc2)c1. The first-order valence-corrected chi connectivity index (χ1v) is 7.73. The number of benzene rings is 1. The van der Waals surface area contributed by atoms with Gasteiger partial charge in [0.1, 0.15) is 5.60 Å². The molecule has 1 aromatic carbocycles.